The van der Waals surface area contributed by atoms with Gasteiger partial charge in [-0.1, -0.05) is 39.2 Å². The van der Waals surface area contributed by atoms with Crippen LogP contribution in [0.25, 0.3) is 0 Å². The number of aliphatic hydroxyl groups excluding tert-OH is 1. The SMILES string of the molecule is CCCCCC(C)C(O)OC1=C[C@@H]2N(C)CC[C@]2(c2ccc(OC)c(OC)c2)CC1. The van der Waals surface area contributed by atoms with Gasteiger partial charge in [-0.05, 0) is 56.6 Å². The molecule has 1 aromatic rings. The molecule has 30 heavy (non-hydrogen) atoms. The Morgan fingerprint density at radius 2 is 1.93 bits per heavy atom. The number of ether oxygens (including phenoxy) is 3. The molecule has 0 bridgehead atoms. The molecule has 0 amide bonds. The van der Waals surface area contributed by atoms with Crippen molar-refractivity contribution in [3.8, 4) is 11.5 Å². The molecule has 1 aromatic carbocycles. The lowest BCUT2D eigenvalue weighted by atomic mass is 9.68. The number of fused-ring (bicyclic) bond motifs is 1. The van der Waals surface area contributed by atoms with Gasteiger partial charge >= 0.3 is 0 Å². The van der Waals surface area contributed by atoms with Gasteiger partial charge in [-0.2, -0.15) is 0 Å². The molecule has 0 radical (unpaired) electrons. The quantitative estimate of drug-likeness (QED) is 0.435. The number of methoxy groups -OCH3 is 2. The topological polar surface area (TPSA) is 51.2 Å². The molecule has 1 aliphatic carbocycles. The molecule has 4 atom stereocenters. The van der Waals surface area contributed by atoms with Crippen LogP contribution in [0.5, 0.6) is 11.5 Å². The van der Waals surface area contributed by atoms with E-state index >= 15 is 0 Å². The summed E-state index contributed by atoms with van der Waals surface area (Å²) < 4.78 is 17.0. The highest BCUT2D eigenvalue weighted by molar-refractivity contribution is 5.47. The Labute approximate surface area is 182 Å². The number of hydrogen-bond donors (Lipinski definition) is 1. The first kappa shape index (κ1) is 23.0. The highest BCUT2D eigenvalue weighted by atomic mass is 16.6. The van der Waals surface area contributed by atoms with Gasteiger partial charge in [0.15, 0.2) is 17.8 Å². The highest BCUT2D eigenvalue weighted by Crippen LogP contribution is 2.49. The normalized spacial score (nSPS) is 25.9. The summed E-state index contributed by atoms with van der Waals surface area (Å²) in [6.07, 6.45) is 9.01. The molecule has 5 heteroatoms. The van der Waals surface area contributed by atoms with Crippen LogP contribution >= 0.6 is 0 Å². The lowest BCUT2D eigenvalue weighted by Gasteiger charge is -2.40. The molecule has 1 heterocycles. The summed E-state index contributed by atoms with van der Waals surface area (Å²) in [5.74, 6) is 2.62. The second-order valence-electron chi connectivity index (χ2n) is 9.02. The number of allylic oxidation sites excluding steroid dienone is 1. The maximum atomic E-state index is 10.6. The van der Waals surface area contributed by atoms with E-state index in [1.54, 1.807) is 14.2 Å². The van der Waals surface area contributed by atoms with Crippen LogP contribution < -0.4 is 9.47 Å². The molecule has 1 fully saturated rings. The van der Waals surface area contributed by atoms with E-state index < -0.39 is 6.29 Å². The standard InChI is InChI=1S/C25H39NO4/c1-6-7-8-9-18(2)24(27)30-20-12-13-25(14-15-26(3)23(25)17-20)19-10-11-21(28-4)22(16-19)29-5/h10-11,16-18,23-24,27H,6-9,12-15H2,1-5H3/t18?,23-,24?,25-/m0/s1. The lowest BCUT2D eigenvalue weighted by molar-refractivity contribution is -0.106. The molecular formula is C25H39NO4. The lowest BCUT2D eigenvalue weighted by Crippen LogP contribution is -2.42. The third-order valence-corrected chi connectivity index (χ3v) is 7.09. The van der Waals surface area contributed by atoms with Gasteiger partial charge in [-0.25, -0.2) is 0 Å². The van der Waals surface area contributed by atoms with Gasteiger partial charge in [0.25, 0.3) is 0 Å². The second-order valence-corrected chi connectivity index (χ2v) is 9.02. The van der Waals surface area contributed by atoms with E-state index in [-0.39, 0.29) is 17.4 Å². The zero-order valence-corrected chi connectivity index (χ0v) is 19.3. The fraction of sp³-hybridized carbons (Fsp3) is 0.680. The van der Waals surface area contributed by atoms with Crippen molar-refractivity contribution in [1.82, 2.24) is 4.90 Å². The first-order valence-electron chi connectivity index (χ1n) is 11.4. The van der Waals surface area contributed by atoms with Crippen LogP contribution in [0.3, 0.4) is 0 Å². The van der Waals surface area contributed by atoms with Crippen LogP contribution in [0, 0.1) is 5.92 Å². The summed E-state index contributed by atoms with van der Waals surface area (Å²) in [4.78, 5) is 2.40. The van der Waals surface area contributed by atoms with Gasteiger partial charge in [-0.3, -0.25) is 4.90 Å². The molecule has 5 nitrogen and oxygen atoms in total. The molecule has 1 saturated heterocycles. The summed E-state index contributed by atoms with van der Waals surface area (Å²) in [5, 5.41) is 10.6. The van der Waals surface area contributed by atoms with E-state index in [0.717, 1.165) is 55.9 Å². The zero-order valence-electron chi connectivity index (χ0n) is 19.3. The highest BCUT2D eigenvalue weighted by Gasteiger charge is 2.48. The van der Waals surface area contributed by atoms with E-state index in [9.17, 15) is 5.11 Å². The van der Waals surface area contributed by atoms with Crippen molar-refractivity contribution in [2.24, 2.45) is 5.92 Å². The number of unbranched alkanes of at least 4 members (excludes halogenated alkanes) is 2. The molecule has 0 aromatic heterocycles. The van der Waals surface area contributed by atoms with Crippen LogP contribution in [0.15, 0.2) is 30.0 Å². The zero-order chi connectivity index (χ0) is 21.7. The van der Waals surface area contributed by atoms with Crippen molar-refractivity contribution < 1.29 is 19.3 Å². The van der Waals surface area contributed by atoms with Gasteiger partial charge in [0.05, 0.1) is 20.0 Å². The first-order chi connectivity index (χ1) is 14.4. The van der Waals surface area contributed by atoms with Gasteiger partial charge in [-0.15, -0.1) is 0 Å². The number of likely N-dealkylation sites (N-methyl/N-ethyl adjacent to an activating group) is 1. The number of hydrogen-bond acceptors (Lipinski definition) is 5. The molecule has 1 N–H and O–H groups in total. The van der Waals surface area contributed by atoms with E-state index in [2.05, 4.69) is 44.0 Å². The fourth-order valence-corrected chi connectivity index (χ4v) is 5.08. The maximum Gasteiger partial charge on any atom is 0.199 e. The summed E-state index contributed by atoms with van der Waals surface area (Å²) in [6.45, 7) is 5.32. The Hall–Kier alpha value is -1.72. The maximum absolute atomic E-state index is 10.6. The van der Waals surface area contributed by atoms with E-state index in [1.807, 2.05) is 6.07 Å². The van der Waals surface area contributed by atoms with E-state index in [0.29, 0.717) is 0 Å². The molecular weight excluding hydrogens is 378 g/mol. The molecule has 0 saturated carbocycles. The van der Waals surface area contributed by atoms with Crippen molar-refractivity contribution in [2.75, 3.05) is 27.8 Å². The Morgan fingerprint density at radius 1 is 1.17 bits per heavy atom. The summed E-state index contributed by atoms with van der Waals surface area (Å²) >= 11 is 0. The molecule has 0 spiro atoms. The van der Waals surface area contributed by atoms with Crippen molar-refractivity contribution in [1.29, 1.82) is 0 Å². The predicted octanol–water partition coefficient (Wildman–Crippen LogP) is 4.87. The summed E-state index contributed by atoms with van der Waals surface area (Å²) in [6, 6.07) is 6.57. The minimum Gasteiger partial charge on any atom is -0.493 e. The fourth-order valence-electron chi connectivity index (χ4n) is 5.08. The van der Waals surface area contributed by atoms with Gasteiger partial charge in [0.1, 0.15) is 0 Å². The van der Waals surface area contributed by atoms with Crippen molar-refractivity contribution >= 4 is 0 Å². The number of benzene rings is 1. The number of aliphatic hydroxyl groups is 1. The Morgan fingerprint density at radius 3 is 2.63 bits per heavy atom. The van der Waals surface area contributed by atoms with Crippen LogP contribution in [-0.2, 0) is 10.2 Å². The Bertz CT molecular complexity index is 734. The van der Waals surface area contributed by atoms with Crippen molar-refractivity contribution in [3.05, 3.63) is 35.6 Å². The average Bonchev–Trinajstić information content (AvgIpc) is 3.10. The average molecular weight is 418 g/mol. The summed E-state index contributed by atoms with van der Waals surface area (Å²) in [5.41, 5.74) is 1.33. The summed E-state index contributed by atoms with van der Waals surface area (Å²) in [7, 11) is 5.53. The smallest absolute Gasteiger partial charge is 0.199 e. The molecule has 2 unspecified atom stereocenters. The van der Waals surface area contributed by atoms with Crippen molar-refractivity contribution in [2.45, 2.75) is 76.5 Å². The van der Waals surface area contributed by atoms with E-state index in [1.165, 1.54) is 18.4 Å². The van der Waals surface area contributed by atoms with Crippen molar-refractivity contribution in [3.63, 3.8) is 0 Å². The van der Waals surface area contributed by atoms with E-state index in [4.69, 9.17) is 14.2 Å². The molecule has 2 aliphatic rings. The Kier molecular flexibility index (Phi) is 7.70. The predicted molar refractivity (Wildman–Crippen MR) is 120 cm³/mol. The molecule has 168 valence electrons. The van der Waals surface area contributed by atoms with Gasteiger partial charge in [0, 0.05) is 23.8 Å². The second kappa shape index (κ2) is 10.1. The van der Waals surface area contributed by atoms with Crippen LogP contribution in [0.2, 0.25) is 0 Å². The Balaban J connectivity index is 1.77. The van der Waals surface area contributed by atoms with Crippen LogP contribution in [0.1, 0.15) is 64.4 Å². The largest absolute Gasteiger partial charge is 0.493 e. The molecule has 1 aliphatic heterocycles. The third kappa shape index (κ3) is 4.62. The van der Waals surface area contributed by atoms with Gasteiger partial charge in [0.2, 0.25) is 0 Å². The third-order valence-electron chi connectivity index (χ3n) is 7.09. The minimum absolute atomic E-state index is 0.0405. The molecule has 3 rings (SSSR count). The monoisotopic (exact) mass is 417 g/mol. The number of likely N-dealkylation sites (tertiary alicyclic amines) is 1. The minimum atomic E-state index is -0.728. The number of nitrogens with zero attached hydrogens (tertiary/aromatic N) is 1. The van der Waals surface area contributed by atoms with Crippen LogP contribution in [-0.4, -0.2) is 50.2 Å². The first-order valence-corrected chi connectivity index (χ1v) is 11.4. The van der Waals surface area contributed by atoms with Crippen LogP contribution in [0.4, 0.5) is 0 Å². The number of rotatable bonds is 10. The van der Waals surface area contributed by atoms with Gasteiger partial charge < -0.3 is 19.3 Å².